The fourth-order valence-corrected chi connectivity index (χ4v) is 3.33. The van der Waals surface area contributed by atoms with E-state index < -0.39 is 0 Å². The van der Waals surface area contributed by atoms with Gasteiger partial charge < -0.3 is 14.8 Å². The molecule has 1 aromatic heterocycles. The number of hydrogen-bond donors (Lipinski definition) is 1. The molecule has 2 aromatic rings. The van der Waals surface area contributed by atoms with Crippen LogP contribution in [-0.2, 0) is 27.3 Å². The number of benzene rings is 1. The molecule has 1 saturated heterocycles. The molecule has 0 bridgehead atoms. The highest BCUT2D eigenvalue weighted by molar-refractivity contribution is 7.07. The third kappa shape index (κ3) is 5.32. The van der Waals surface area contributed by atoms with Gasteiger partial charge in [0.05, 0.1) is 36.6 Å². The number of hydrogen-bond acceptors (Lipinski definition) is 5. The molecule has 0 spiro atoms. The van der Waals surface area contributed by atoms with Crippen LogP contribution in [0.1, 0.15) is 24.1 Å². The van der Waals surface area contributed by atoms with Gasteiger partial charge in [-0.15, -0.1) is 11.3 Å². The fourth-order valence-electron chi connectivity index (χ4n) is 2.78. The van der Waals surface area contributed by atoms with Crippen LogP contribution in [-0.4, -0.2) is 36.3 Å². The molecule has 0 radical (unpaired) electrons. The lowest BCUT2D eigenvalue weighted by molar-refractivity contribution is -0.126. The van der Waals surface area contributed by atoms with Crippen molar-refractivity contribution in [2.45, 2.75) is 38.0 Å². The van der Waals surface area contributed by atoms with Crippen LogP contribution in [0.3, 0.4) is 0 Å². The first kappa shape index (κ1) is 18.0. The van der Waals surface area contributed by atoms with E-state index in [0.717, 1.165) is 12.1 Å². The number of carbonyl (C=O) groups is 1. The summed E-state index contributed by atoms with van der Waals surface area (Å²) in [6, 6.07) is 6.33. The molecule has 2 atom stereocenters. The minimum Gasteiger partial charge on any atom is -0.379 e. The molecular weight excluding hydrogens is 343 g/mol. The first-order chi connectivity index (χ1) is 12.2. The van der Waals surface area contributed by atoms with E-state index in [1.165, 1.54) is 17.4 Å². The summed E-state index contributed by atoms with van der Waals surface area (Å²) in [5, 5.41) is 4.91. The van der Waals surface area contributed by atoms with Crippen molar-refractivity contribution in [1.29, 1.82) is 0 Å². The van der Waals surface area contributed by atoms with Crippen LogP contribution >= 0.6 is 11.3 Å². The Morgan fingerprint density at radius 3 is 3.12 bits per heavy atom. The summed E-state index contributed by atoms with van der Waals surface area (Å²) >= 11 is 1.53. The average Bonchev–Trinajstić information content (AvgIpc) is 3.14. The molecule has 2 heterocycles. The zero-order valence-corrected chi connectivity index (χ0v) is 14.6. The van der Waals surface area contributed by atoms with Crippen LogP contribution in [0.4, 0.5) is 4.39 Å². The topological polar surface area (TPSA) is 60.5 Å². The van der Waals surface area contributed by atoms with Crippen LogP contribution in [0.25, 0.3) is 0 Å². The highest BCUT2D eigenvalue weighted by Crippen LogP contribution is 2.15. The van der Waals surface area contributed by atoms with Gasteiger partial charge in [-0.05, 0) is 24.5 Å². The number of nitrogens with one attached hydrogen (secondary N) is 1. The largest absolute Gasteiger partial charge is 0.379 e. The number of aryl methyl sites for hydroxylation is 1. The van der Waals surface area contributed by atoms with Gasteiger partial charge in [-0.3, -0.25) is 4.79 Å². The molecule has 0 aliphatic carbocycles. The van der Waals surface area contributed by atoms with Crippen LogP contribution < -0.4 is 5.32 Å². The molecule has 134 valence electrons. The number of carbonyl (C=O) groups excluding carboxylic acids is 1. The maximum Gasteiger partial charge on any atom is 0.220 e. The van der Waals surface area contributed by atoms with E-state index >= 15 is 0 Å². The molecule has 25 heavy (non-hydrogen) atoms. The van der Waals surface area contributed by atoms with Crippen molar-refractivity contribution in [2.24, 2.45) is 0 Å². The number of amides is 1. The normalized spacial score (nSPS) is 20.4. The maximum atomic E-state index is 13.6. The molecule has 0 unspecified atom stereocenters. The zero-order valence-electron chi connectivity index (χ0n) is 13.8. The van der Waals surface area contributed by atoms with Crippen molar-refractivity contribution in [3.63, 3.8) is 0 Å². The summed E-state index contributed by atoms with van der Waals surface area (Å²) in [6.07, 6.45) is 1.22. The van der Waals surface area contributed by atoms with Crippen molar-refractivity contribution in [3.8, 4) is 0 Å². The van der Waals surface area contributed by atoms with Gasteiger partial charge in [0.25, 0.3) is 0 Å². The average molecular weight is 364 g/mol. The summed E-state index contributed by atoms with van der Waals surface area (Å²) in [7, 11) is 0. The molecular formula is C18H21FN2O3S. The molecule has 1 aliphatic rings. The van der Waals surface area contributed by atoms with E-state index in [2.05, 4.69) is 10.3 Å². The van der Waals surface area contributed by atoms with E-state index in [-0.39, 0.29) is 30.3 Å². The Hall–Kier alpha value is -1.83. The standard InChI is InChI=1S/C18H21FN2O3S/c19-15-4-2-1-3-13(15)5-6-18(22)21-16-10-23-8-7-17(16)24-9-14-11-25-12-20-14/h1-4,11-12,16-17H,5-10H2,(H,21,22)/t16-,17+/m1/s1. The Morgan fingerprint density at radius 2 is 2.32 bits per heavy atom. The Morgan fingerprint density at radius 1 is 1.44 bits per heavy atom. The summed E-state index contributed by atoms with van der Waals surface area (Å²) in [5.41, 5.74) is 3.21. The lowest BCUT2D eigenvalue weighted by Gasteiger charge is -2.32. The third-order valence-corrected chi connectivity index (χ3v) is 4.78. The second-order valence-corrected chi connectivity index (χ2v) is 6.68. The van der Waals surface area contributed by atoms with Crippen molar-refractivity contribution in [3.05, 3.63) is 52.2 Å². The Bertz CT molecular complexity index is 681. The molecule has 5 nitrogen and oxygen atoms in total. The molecule has 0 saturated carbocycles. The molecule has 1 amide bonds. The quantitative estimate of drug-likeness (QED) is 0.821. The van der Waals surface area contributed by atoms with Gasteiger partial charge in [0.2, 0.25) is 5.91 Å². The second kappa shape index (κ2) is 9.03. The predicted octanol–water partition coefficient (Wildman–Crippen LogP) is 2.71. The van der Waals surface area contributed by atoms with Crippen molar-refractivity contribution in [2.75, 3.05) is 13.2 Å². The molecule has 1 aliphatic heterocycles. The number of nitrogens with zero attached hydrogens (tertiary/aromatic N) is 1. The second-order valence-electron chi connectivity index (χ2n) is 5.96. The monoisotopic (exact) mass is 364 g/mol. The maximum absolute atomic E-state index is 13.6. The Kier molecular flexibility index (Phi) is 6.49. The zero-order chi connectivity index (χ0) is 17.5. The highest BCUT2D eigenvalue weighted by Gasteiger charge is 2.28. The number of ether oxygens (including phenoxy) is 2. The van der Waals surface area contributed by atoms with E-state index in [0.29, 0.717) is 31.8 Å². The van der Waals surface area contributed by atoms with E-state index in [1.54, 1.807) is 23.7 Å². The fraction of sp³-hybridized carbons (Fsp3) is 0.444. The molecule has 7 heteroatoms. The lowest BCUT2D eigenvalue weighted by Crippen LogP contribution is -2.50. The van der Waals surface area contributed by atoms with Gasteiger partial charge in [0, 0.05) is 18.4 Å². The van der Waals surface area contributed by atoms with Crippen LogP contribution in [0, 0.1) is 5.82 Å². The Balaban J connectivity index is 1.48. The van der Waals surface area contributed by atoms with E-state index in [9.17, 15) is 9.18 Å². The first-order valence-corrected chi connectivity index (χ1v) is 9.26. The number of thiazole rings is 1. The number of aromatic nitrogens is 1. The van der Waals surface area contributed by atoms with Gasteiger partial charge in [-0.1, -0.05) is 18.2 Å². The number of halogens is 1. The van der Waals surface area contributed by atoms with E-state index in [1.807, 2.05) is 5.38 Å². The van der Waals surface area contributed by atoms with Gasteiger partial charge in [-0.2, -0.15) is 0 Å². The third-order valence-electron chi connectivity index (χ3n) is 4.15. The molecule has 1 fully saturated rings. The van der Waals surface area contributed by atoms with Gasteiger partial charge in [-0.25, -0.2) is 9.37 Å². The highest BCUT2D eigenvalue weighted by atomic mass is 32.1. The predicted molar refractivity (Wildman–Crippen MR) is 92.8 cm³/mol. The van der Waals surface area contributed by atoms with E-state index in [4.69, 9.17) is 9.47 Å². The van der Waals surface area contributed by atoms with Crippen LogP contribution in [0.5, 0.6) is 0 Å². The lowest BCUT2D eigenvalue weighted by atomic mass is 10.1. The Labute approximate surface area is 150 Å². The molecule has 1 aromatic carbocycles. The molecule has 3 rings (SSSR count). The summed E-state index contributed by atoms with van der Waals surface area (Å²) in [5.74, 6) is -0.401. The minimum atomic E-state index is -0.277. The smallest absolute Gasteiger partial charge is 0.220 e. The van der Waals surface area contributed by atoms with Gasteiger partial charge in [0.15, 0.2) is 0 Å². The summed E-state index contributed by atoms with van der Waals surface area (Å²) in [4.78, 5) is 16.4. The SMILES string of the molecule is O=C(CCc1ccccc1F)N[C@@H]1COCC[C@@H]1OCc1cscn1. The van der Waals surface area contributed by atoms with Gasteiger partial charge >= 0.3 is 0 Å². The molecule has 1 N–H and O–H groups in total. The summed E-state index contributed by atoms with van der Waals surface area (Å²) in [6.45, 7) is 1.46. The van der Waals surface area contributed by atoms with Crippen molar-refractivity contribution < 1.29 is 18.7 Å². The van der Waals surface area contributed by atoms with Gasteiger partial charge in [0.1, 0.15) is 5.82 Å². The summed E-state index contributed by atoms with van der Waals surface area (Å²) < 4.78 is 25.0. The minimum absolute atomic E-state index is 0.104. The first-order valence-electron chi connectivity index (χ1n) is 8.31. The van der Waals surface area contributed by atoms with Crippen molar-refractivity contribution in [1.82, 2.24) is 10.3 Å². The van der Waals surface area contributed by atoms with Crippen LogP contribution in [0.2, 0.25) is 0 Å². The van der Waals surface area contributed by atoms with Crippen molar-refractivity contribution >= 4 is 17.2 Å². The number of rotatable bonds is 7. The van der Waals surface area contributed by atoms with Crippen LogP contribution in [0.15, 0.2) is 35.2 Å².